The minimum absolute atomic E-state index is 0.0568. The fourth-order valence-corrected chi connectivity index (χ4v) is 6.71. The molecule has 0 aliphatic carbocycles. The van der Waals surface area contributed by atoms with Crippen LogP contribution in [0.3, 0.4) is 0 Å². The number of carbonyl (C=O) groups excluding carboxylic acids is 2. The van der Waals surface area contributed by atoms with Crippen molar-refractivity contribution >= 4 is 50.5 Å². The number of hydrogen-bond donors (Lipinski definition) is 2. The smallest absolute Gasteiger partial charge is 0.324 e. The van der Waals surface area contributed by atoms with Crippen molar-refractivity contribution in [3.8, 4) is 0 Å². The zero-order valence-electron chi connectivity index (χ0n) is 25.1. The minimum atomic E-state index is -4.60. The molecule has 1 aliphatic heterocycles. The van der Waals surface area contributed by atoms with E-state index in [-0.39, 0.29) is 44.9 Å². The predicted octanol–water partition coefficient (Wildman–Crippen LogP) is 6.83. The Balaban J connectivity index is 1.19. The van der Waals surface area contributed by atoms with Crippen molar-refractivity contribution in [1.29, 1.82) is 0 Å². The van der Waals surface area contributed by atoms with Crippen molar-refractivity contribution in [2.75, 3.05) is 36.0 Å². The summed E-state index contributed by atoms with van der Waals surface area (Å²) in [7, 11) is -3.47. The molecule has 0 radical (unpaired) electrons. The SMILES string of the molecule is O=C(Nc1ccc(Cl)c(C(=O)Cc2cnc(Nc3cccc(S(=O)(=O)CCCN4CCCC4)c3)nc2)c1)c1cccc(C(F)(F)F)c1. The summed E-state index contributed by atoms with van der Waals surface area (Å²) in [5.41, 5.74) is 0.0611. The number of halogens is 4. The van der Waals surface area contributed by atoms with Crippen LogP contribution in [-0.4, -0.2) is 60.4 Å². The molecule has 9 nitrogen and oxygen atoms in total. The maximum Gasteiger partial charge on any atom is 0.416 e. The summed E-state index contributed by atoms with van der Waals surface area (Å²) < 4.78 is 65.0. The largest absolute Gasteiger partial charge is 0.416 e. The Hall–Kier alpha value is -4.33. The minimum Gasteiger partial charge on any atom is -0.324 e. The number of ketones is 1. The molecule has 0 saturated carbocycles. The molecular formula is C33H31ClF3N5O4S. The van der Waals surface area contributed by atoms with Crippen LogP contribution in [0.5, 0.6) is 0 Å². The first kappa shape index (κ1) is 34.0. The van der Waals surface area contributed by atoms with Crippen molar-refractivity contribution in [2.24, 2.45) is 0 Å². The summed E-state index contributed by atoms with van der Waals surface area (Å²) in [6, 6.07) is 14.6. The second-order valence-corrected chi connectivity index (χ2v) is 13.6. The molecule has 1 amide bonds. The highest BCUT2D eigenvalue weighted by Gasteiger charge is 2.31. The Morgan fingerprint density at radius 1 is 0.915 bits per heavy atom. The van der Waals surface area contributed by atoms with E-state index in [4.69, 9.17) is 11.6 Å². The Bertz CT molecular complexity index is 1870. The van der Waals surface area contributed by atoms with E-state index in [1.54, 1.807) is 18.2 Å². The van der Waals surface area contributed by atoms with E-state index >= 15 is 0 Å². The van der Waals surface area contributed by atoms with Crippen molar-refractivity contribution in [3.05, 3.63) is 106 Å². The van der Waals surface area contributed by atoms with Crippen molar-refractivity contribution in [1.82, 2.24) is 14.9 Å². The van der Waals surface area contributed by atoms with Gasteiger partial charge in [-0.3, -0.25) is 9.59 Å². The molecule has 4 aromatic rings. The van der Waals surface area contributed by atoms with E-state index < -0.39 is 33.3 Å². The maximum absolute atomic E-state index is 13.1. The number of rotatable bonds is 12. The quantitative estimate of drug-likeness (QED) is 0.156. The number of amides is 1. The summed E-state index contributed by atoms with van der Waals surface area (Å²) >= 11 is 6.26. The van der Waals surface area contributed by atoms with Gasteiger partial charge in [-0.15, -0.1) is 0 Å². The number of carbonyl (C=O) groups is 2. The van der Waals surface area contributed by atoms with Gasteiger partial charge in [-0.2, -0.15) is 13.2 Å². The first-order chi connectivity index (χ1) is 22.4. The summed E-state index contributed by atoms with van der Waals surface area (Å²) in [6.45, 7) is 2.79. The second kappa shape index (κ2) is 14.6. The number of alkyl halides is 3. The Morgan fingerprint density at radius 2 is 1.64 bits per heavy atom. The molecule has 14 heteroatoms. The molecule has 2 N–H and O–H groups in total. The molecular weight excluding hydrogens is 655 g/mol. The zero-order chi connectivity index (χ0) is 33.6. The molecule has 2 heterocycles. The van der Waals surface area contributed by atoms with Crippen LogP contribution < -0.4 is 10.6 Å². The number of aromatic nitrogens is 2. The average molecular weight is 686 g/mol. The third kappa shape index (κ3) is 9.15. The molecule has 47 heavy (non-hydrogen) atoms. The van der Waals surface area contributed by atoms with E-state index in [0.29, 0.717) is 17.7 Å². The van der Waals surface area contributed by atoms with Gasteiger partial charge < -0.3 is 15.5 Å². The van der Waals surface area contributed by atoms with Gasteiger partial charge in [0, 0.05) is 41.3 Å². The standard InChI is InChI=1S/C33H31ClF3N5O4S/c34-29-11-10-26(40-31(44)23-6-3-7-24(17-23)33(35,36)37)19-28(29)30(43)16-22-20-38-32(39-21-22)41-25-8-4-9-27(18-25)47(45,46)15-5-14-42-12-1-2-13-42/h3-4,6-11,17-21H,1-2,5,12-16H2,(H,40,44)(H,38,39,41). The number of sulfone groups is 1. The number of likely N-dealkylation sites (tertiary alicyclic amines) is 1. The van der Waals surface area contributed by atoms with Gasteiger partial charge in [-0.1, -0.05) is 23.7 Å². The van der Waals surface area contributed by atoms with Gasteiger partial charge in [0.2, 0.25) is 5.95 Å². The Kier molecular flexibility index (Phi) is 10.6. The lowest BCUT2D eigenvalue weighted by atomic mass is 10.0. The van der Waals surface area contributed by atoms with Crippen LogP contribution in [0.15, 0.2) is 84.0 Å². The molecule has 0 bridgehead atoms. The molecule has 0 atom stereocenters. The number of nitrogens with one attached hydrogen (secondary N) is 2. The van der Waals surface area contributed by atoms with Crippen LogP contribution in [0, 0.1) is 0 Å². The van der Waals surface area contributed by atoms with E-state index in [1.165, 1.54) is 42.7 Å². The number of benzene rings is 3. The summed E-state index contributed by atoms with van der Waals surface area (Å²) in [5, 5.41) is 5.61. The van der Waals surface area contributed by atoms with Crippen LogP contribution >= 0.6 is 11.6 Å². The van der Waals surface area contributed by atoms with Gasteiger partial charge in [-0.05, 0) is 99.1 Å². The van der Waals surface area contributed by atoms with E-state index in [2.05, 4.69) is 25.5 Å². The number of anilines is 3. The van der Waals surface area contributed by atoms with Crippen molar-refractivity contribution in [3.63, 3.8) is 0 Å². The highest BCUT2D eigenvalue weighted by atomic mass is 35.5. The highest BCUT2D eigenvalue weighted by molar-refractivity contribution is 7.91. The normalized spacial score (nSPS) is 13.8. The van der Waals surface area contributed by atoms with Crippen LogP contribution in [0.4, 0.5) is 30.5 Å². The van der Waals surface area contributed by atoms with Crippen LogP contribution in [0.25, 0.3) is 0 Å². The van der Waals surface area contributed by atoms with Crippen molar-refractivity contribution < 1.29 is 31.2 Å². The Morgan fingerprint density at radius 3 is 2.36 bits per heavy atom. The molecule has 0 spiro atoms. The lowest BCUT2D eigenvalue weighted by molar-refractivity contribution is -0.137. The predicted molar refractivity (Wildman–Crippen MR) is 173 cm³/mol. The summed E-state index contributed by atoms with van der Waals surface area (Å²) in [5.74, 6) is -0.936. The van der Waals surface area contributed by atoms with Crippen LogP contribution in [0.2, 0.25) is 5.02 Å². The molecule has 1 fully saturated rings. The topological polar surface area (TPSA) is 121 Å². The summed E-state index contributed by atoms with van der Waals surface area (Å²) in [6.07, 6.45) is 1.03. The second-order valence-electron chi connectivity index (χ2n) is 11.1. The van der Waals surface area contributed by atoms with E-state index in [0.717, 1.165) is 50.7 Å². The first-order valence-electron chi connectivity index (χ1n) is 14.8. The van der Waals surface area contributed by atoms with Crippen LogP contribution in [-0.2, 0) is 22.4 Å². The molecule has 1 aromatic heterocycles. The summed E-state index contributed by atoms with van der Waals surface area (Å²) in [4.78, 5) is 36.7. The fraction of sp³-hybridized carbons (Fsp3) is 0.273. The van der Waals surface area contributed by atoms with Crippen molar-refractivity contribution in [2.45, 2.75) is 36.8 Å². The van der Waals surface area contributed by atoms with E-state index in [9.17, 15) is 31.2 Å². The van der Waals surface area contributed by atoms with Gasteiger partial charge in [0.1, 0.15) is 0 Å². The lowest BCUT2D eigenvalue weighted by Crippen LogP contribution is -2.22. The third-order valence-electron chi connectivity index (χ3n) is 7.58. The molecule has 1 saturated heterocycles. The third-order valence-corrected chi connectivity index (χ3v) is 9.71. The Labute approximate surface area is 275 Å². The average Bonchev–Trinajstić information content (AvgIpc) is 3.56. The lowest BCUT2D eigenvalue weighted by Gasteiger charge is -2.14. The first-order valence-corrected chi connectivity index (χ1v) is 16.8. The van der Waals surface area contributed by atoms with Gasteiger partial charge in [0.05, 0.1) is 21.2 Å². The van der Waals surface area contributed by atoms with Gasteiger partial charge >= 0.3 is 6.18 Å². The van der Waals surface area contributed by atoms with Gasteiger partial charge in [-0.25, -0.2) is 18.4 Å². The monoisotopic (exact) mass is 685 g/mol. The number of hydrogen-bond acceptors (Lipinski definition) is 8. The van der Waals surface area contributed by atoms with Crippen LogP contribution in [0.1, 0.15) is 51.1 Å². The van der Waals surface area contributed by atoms with E-state index in [1.807, 2.05) is 0 Å². The highest BCUT2D eigenvalue weighted by Crippen LogP contribution is 2.30. The zero-order valence-corrected chi connectivity index (χ0v) is 26.6. The number of Topliss-reactive ketones (excluding diaryl/α,β-unsaturated/α-hetero) is 1. The molecule has 0 unspecified atom stereocenters. The maximum atomic E-state index is 13.1. The van der Waals surface area contributed by atoms with Gasteiger partial charge in [0.25, 0.3) is 5.91 Å². The molecule has 1 aliphatic rings. The molecule has 3 aromatic carbocycles. The molecule has 246 valence electrons. The van der Waals surface area contributed by atoms with Gasteiger partial charge in [0.15, 0.2) is 15.6 Å². The number of nitrogens with zero attached hydrogens (tertiary/aromatic N) is 3. The molecule has 5 rings (SSSR count). The fourth-order valence-electron chi connectivity index (χ4n) is 5.15.